The first-order chi connectivity index (χ1) is 16.8. The molecule has 0 aliphatic rings. The van der Waals surface area contributed by atoms with E-state index in [0.29, 0.717) is 38.8 Å². The second kappa shape index (κ2) is 10.9. The highest BCUT2D eigenvalue weighted by Gasteiger charge is 2.16. The van der Waals surface area contributed by atoms with Gasteiger partial charge in [0.2, 0.25) is 0 Å². The minimum absolute atomic E-state index is 0.0185. The van der Waals surface area contributed by atoms with Gasteiger partial charge >= 0.3 is 0 Å². The summed E-state index contributed by atoms with van der Waals surface area (Å²) in [5.41, 5.74) is 2.09. The first-order valence-corrected chi connectivity index (χ1v) is 12.5. The number of hydrogen-bond donors (Lipinski definition) is 1. The van der Waals surface area contributed by atoms with Crippen LogP contribution in [0.2, 0.25) is 5.02 Å². The summed E-state index contributed by atoms with van der Waals surface area (Å²) in [5, 5.41) is 4.23. The van der Waals surface area contributed by atoms with Gasteiger partial charge in [-0.15, -0.1) is 0 Å². The van der Waals surface area contributed by atoms with Gasteiger partial charge in [0, 0.05) is 22.2 Å². The smallest absolute Gasteiger partial charge is 0.262 e. The van der Waals surface area contributed by atoms with Crippen LogP contribution < -0.4 is 10.9 Å². The normalized spacial score (nSPS) is 11.1. The number of nitrogens with zero attached hydrogens (tertiary/aromatic N) is 2. The average molecular weight is 506 g/mol. The summed E-state index contributed by atoms with van der Waals surface area (Å²) in [6.07, 6.45) is 0. The summed E-state index contributed by atoms with van der Waals surface area (Å²) in [7, 11) is 0. The summed E-state index contributed by atoms with van der Waals surface area (Å²) in [5.74, 6) is -0.233. The highest BCUT2D eigenvalue weighted by atomic mass is 35.5. The first kappa shape index (κ1) is 24.7. The van der Waals surface area contributed by atoms with E-state index >= 15 is 0 Å². The molecule has 35 heavy (non-hydrogen) atoms. The van der Waals surface area contributed by atoms with Crippen LogP contribution in [0.4, 0.5) is 0 Å². The lowest BCUT2D eigenvalue weighted by Gasteiger charge is -2.14. The van der Waals surface area contributed by atoms with E-state index in [1.165, 1.54) is 11.8 Å². The van der Waals surface area contributed by atoms with Gasteiger partial charge in [0.15, 0.2) is 10.9 Å². The number of amides is 1. The van der Waals surface area contributed by atoms with E-state index < -0.39 is 0 Å². The van der Waals surface area contributed by atoms with Crippen LogP contribution in [-0.4, -0.2) is 33.0 Å². The van der Waals surface area contributed by atoms with E-state index in [4.69, 9.17) is 16.6 Å². The lowest BCUT2D eigenvalue weighted by molar-refractivity contribution is 0.0942. The molecule has 1 aromatic heterocycles. The average Bonchev–Trinajstić information content (AvgIpc) is 2.85. The van der Waals surface area contributed by atoms with Crippen molar-refractivity contribution in [3.8, 4) is 0 Å². The fourth-order valence-corrected chi connectivity index (χ4v) is 4.57. The van der Waals surface area contributed by atoms with Crippen molar-refractivity contribution in [1.82, 2.24) is 14.9 Å². The van der Waals surface area contributed by atoms with Crippen LogP contribution >= 0.6 is 23.4 Å². The largest absolute Gasteiger partial charge is 0.350 e. The quantitative estimate of drug-likeness (QED) is 0.202. The molecular formula is C27H24ClN3O3S. The van der Waals surface area contributed by atoms with Crippen LogP contribution in [0.1, 0.15) is 40.1 Å². The maximum absolute atomic E-state index is 13.5. The highest BCUT2D eigenvalue weighted by molar-refractivity contribution is 7.99. The number of rotatable bonds is 8. The molecule has 4 rings (SSSR count). The molecule has 0 fully saturated rings. The molecule has 6 nitrogen and oxygen atoms in total. The van der Waals surface area contributed by atoms with Crippen LogP contribution in [0.25, 0.3) is 10.9 Å². The Labute approximate surface area is 212 Å². The zero-order valence-electron chi connectivity index (χ0n) is 19.3. The van der Waals surface area contributed by atoms with Gasteiger partial charge in [0.05, 0.1) is 23.2 Å². The molecule has 0 radical (unpaired) electrons. The second-order valence-electron chi connectivity index (χ2n) is 8.35. The van der Waals surface area contributed by atoms with Gasteiger partial charge in [0.1, 0.15) is 0 Å². The molecule has 1 N–H and O–H groups in total. The van der Waals surface area contributed by atoms with Crippen molar-refractivity contribution in [3.63, 3.8) is 0 Å². The van der Waals surface area contributed by atoms with E-state index in [9.17, 15) is 14.4 Å². The van der Waals surface area contributed by atoms with Crippen molar-refractivity contribution in [2.75, 3.05) is 5.75 Å². The molecule has 0 saturated heterocycles. The summed E-state index contributed by atoms with van der Waals surface area (Å²) in [6.45, 7) is 4.08. The van der Waals surface area contributed by atoms with Crippen LogP contribution in [0.3, 0.4) is 0 Å². The van der Waals surface area contributed by atoms with Gasteiger partial charge in [-0.1, -0.05) is 53.7 Å². The van der Waals surface area contributed by atoms with E-state index in [0.717, 1.165) is 5.56 Å². The zero-order chi connectivity index (χ0) is 24.9. The molecule has 0 aliphatic carbocycles. The summed E-state index contributed by atoms with van der Waals surface area (Å²) in [6, 6.07) is 21.2. The number of hydrogen-bond acceptors (Lipinski definition) is 5. The molecular weight excluding hydrogens is 482 g/mol. The Hall–Kier alpha value is -3.42. The molecule has 0 saturated carbocycles. The Morgan fingerprint density at radius 3 is 2.37 bits per heavy atom. The Balaban J connectivity index is 1.72. The van der Waals surface area contributed by atoms with E-state index in [1.54, 1.807) is 47.0 Å². The van der Waals surface area contributed by atoms with Crippen molar-refractivity contribution in [3.05, 3.63) is 105 Å². The number of nitrogens with one attached hydrogen (secondary N) is 1. The molecule has 4 aromatic rings. The molecule has 0 bridgehead atoms. The van der Waals surface area contributed by atoms with E-state index in [2.05, 4.69) is 5.32 Å². The maximum Gasteiger partial charge on any atom is 0.262 e. The number of ketones is 1. The molecule has 0 spiro atoms. The number of Topliss-reactive ketones (excluding diaryl/α,β-unsaturated/α-hetero) is 1. The Morgan fingerprint density at radius 2 is 1.69 bits per heavy atom. The Bertz CT molecular complexity index is 1430. The van der Waals surface area contributed by atoms with Crippen molar-refractivity contribution in [1.29, 1.82) is 0 Å². The van der Waals surface area contributed by atoms with Crippen LogP contribution in [0.15, 0.2) is 82.7 Å². The standard InChI is InChI=1S/C27H24ClN3O3S/c1-17(2)29-25(33)20-10-13-22-23(14-20)30-27(31(26(22)34)15-18-6-4-3-5-7-18)35-16-24(32)19-8-11-21(28)12-9-19/h3-14,17H,15-16H2,1-2H3,(H,29,33). The Kier molecular flexibility index (Phi) is 7.68. The number of carbonyl (C=O) groups excluding carboxylic acids is 2. The Morgan fingerprint density at radius 1 is 1.00 bits per heavy atom. The number of thioether (sulfide) groups is 1. The third-order valence-electron chi connectivity index (χ3n) is 5.28. The molecule has 0 aliphatic heterocycles. The monoisotopic (exact) mass is 505 g/mol. The second-order valence-corrected chi connectivity index (χ2v) is 9.73. The van der Waals surface area contributed by atoms with Crippen molar-refractivity contribution >= 4 is 46.0 Å². The molecule has 1 heterocycles. The first-order valence-electron chi connectivity index (χ1n) is 11.1. The summed E-state index contributed by atoms with van der Waals surface area (Å²) in [4.78, 5) is 43.4. The van der Waals surface area contributed by atoms with Crippen molar-refractivity contribution in [2.24, 2.45) is 0 Å². The van der Waals surface area contributed by atoms with Gasteiger partial charge in [-0.3, -0.25) is 19.0 Å². The van der Waals surface area contributed by atoms with Gasteiger partial charge < -0.3 is 5.32 Å². The fourth-order valence-electron chi connectivity index (χ4n) is 3.55. The number of aromatic nitrogens is 2. The molecule has 3 aromatic carbocycles. The predicted octanol–water partition coefficient (Wildman–Crippen LogP) is 5.21. The summed E-state index contributed by atoms with van der Waals surface area (Å²) < 4.78 is 1.57. The highest BCUT2D eigenvalue weighted by Crippen LogP contribution is 2.22. The SMILES string of the molecule is CC(C)NC(=O)c1ccc2c(=O)n(Cc3ccccc3)c(SCC(=O)c3ccc(Cl)cc3)nc2c1. The summed E-state index contributed by atoms with van der Waals surface area (Å²) >= 11 is 7.13. The topological polar surface area (TPSA) is 81.1 Å². The molecule has 0 unspecified atom stereocenters. The minimum Gasteiger partial charge on any atom is -0.350 e. The number of halogens is 1. The third-order valence-corrected chi connectivity index (χ3v) is 6.51. The van der Waals surface area contributed by atoms with Gasteiger partial charge in [-0.2, -0.15) is 0 Å². The number of fused-ring (bicyclic) bond motifs is 1. The fraction of sp³-hybridized carbons (Fsp3) is 0.185. The van der Waals surface area contributed by atoms with E-state index in [-0.39, 0.29) is 29.0 Å². The van der Waals surface area contributed by atoms with Crippen LogP contribution in [0.5, 0.6) is 0 Å². The lowest BCUT2D eigenvalue weighted by Crippen LogP contribution is -2.30. The van der Waals surface area contributed by atoms with Crippen LogP contribution in [-0.2, 0) is 6.54 Å². The van der Waals surface area contributed by atoms with E-state index in [1.807, 2.05) is 44.2 Å². The zero-order valence-corrected chi connectivity index (χ0v) is 20.9. The van der Waals surface area contributed by atoms with Gasteiger partial charge in [-0.25, -0.2) is 4.98 Å². The maximum atomic E-state index is 13.5. The van der Waals surface area contributed by atoms with Gasteiger partial charge in [-0.05, 0) is 61.9 Å². The van der Waals surface area contributed by atoms with Gasteiger partial charge in [0.25, 0.3) is 11.5 Å². The molecule has 8 heteroatoms. The molecule has 1 amide bonds. The van der Waals surface area contributed by atoms with Crippen molar-refractivity contribution < 1.29 is 9.59 Å². The molecule has 0 atom stereocenters. The third kappa shape index (κ3) is 5.99. The number of benzene rings is 3. The van der Waals surface area contributed by atoms with Crippen molar-refractivity contribution in [2.45, 2.75) is 31.6 Å². The van der Waals surface area contributed by atoms with Crippen LogP contribution in [0, 0.1) is 0 Å². The predicted molar refractivity (Wildman–Crippen MR) is 141 cm³/mol. The number of carbonyl (C=O) groups is 2. The lowest BCUT2D eigenvalue weighted by atomic mass is 10.1. The molecule has 178 valence electrons. The minimum atomic E-state index is -0.232.